The van der Waals surface area contributed by atoms with Gasteiger partial charge in [0.15, 0.2) is 0 Å². The lowest BCUT2D eigenvalue weighted by molar-refractivity contribution is 0.192. The topological polar surface area (TPSA) is 24.5 Å². The Kier molecular flexibility index (Phi) is 5.06. The van der Waals surface area contributed by atoms with Gasteiger partial charge in [-0.2, -0.15) is 0 Å². The molecule has 1 heterocycles. The highest BCUT2D eigenvalue weighted by Gasteiger charge is 2.27. The fourth-order valence-corrected chi connectivity index (χ4v) is 2.71. The summed E-state index contributed by atoms with van der Waals surface area (Å²) >= 11 is 0. The fourth-order valence-electron chi connectivity index (χ4n) is 2.71. The van der Waals surface area contributed by atoms with E-state index in [0.29, 0.717) is 11.5 Å². The number of ether oxygens (including phenoxy) is 1. The number of rotatable bonds is 3. The van der Waals surface area contributed by atoms with Crippen LogP contribution in [0.3, 0.4) is 0 Å². The predicted molar refractivity (Wildman–Crippen MR) is 84.1 cm³/mol. The number of nitrogens with zero attached hydrogens (tertiary/aromatic N) is 1. The standard InChI is InChI=1S/C17H28N2O/c1-17(2,3)16-13-19(11-5-10-18-16)12-14-6-8-15(20-4)9-7-14/h6-9,16,18H,5,10-13H2,1-4H3. The normalized spacial score (nSPS) is 21.5. The van der Waals surface area contributed by atoms with Crippen molar-refractivity contribution in [2.24, 2.45) is 5.41 Å². The molecule has 1 aromatic rings. The van der Waals surface area contributed by atoms with Gasteiger partial charge in [-0.15, -0.1) is 0 Å². The van der Waals surface area contributed by atoms with Crippen molar-refractivity contribution in [2.75, 3.05) is 26.7 Å². The zero-order valence-electron chi connectivity index (χ0n) is 13.3. The van der Waals surface area contributed by atoms with Crippen LogP contribution in [0.25, 0.3) is 0 Å². The molecule has 0 bridgehead atoms. The zero-order chi connectivity index (χ0) is 14.6. The Hall–Kier alpha value is -1.06. The largest absolute Gasteiger partial charge is 0.497 e. The van der Waals surface area contributed by atoms with Gasteiger partial charge in [-0.3, -0.25) is 4.90 Å². The van der Waals surface area contributed by atoms with Gasteiger partial charge in [-0.05, 0) is 42.6 Å². The highest BCUT2D eigenvalue weighted by Crippen LogP contribution is 2.22. The van der Waals surface area contributed by atoms with Crippen molar-refractivity contribution in [3.63, 3.8) is 0 Å². The molecule has 1 aliphatic rings. The van der Waals surface area contributed by atoms with E-state index in [-0.39, 0.29) is 0 Å². The predicted octanol–water partition coefficient (Wildman–Crippen LogP) is 2.91. The first kappa shape index (κ1) is 15.3. The molecule has 1 aliphatic heterocycles. The Labute approximate surface area is 123 Å². The summed E-state index contributed by atoms with van der Waals surface area (Å²) in [5.74, 6) is 0.929. The lowest BCUT2D eigenvalue weighted by Crippen LogP contribution is -2.46. The number of hydrogen-bond donors (Lipinski definition) is 1. The molecule has 1 N–H and O–H groups in total. The quantitative estimate of drug-likeness (QED) is 0.918. The van der Waals surface area contributed by atoms with Gasteiger partial charge in [0.2, 0.25) is 0 Å². The highest BCUT2D eigenvalue weighted by atomic mass is 16.5. The Morgan fingerprint density at radius 3 is 2.55 bits per heavy atom. The number of benzene rings is 1. The molecule has 0 radical (unpaired) electrons. The second-order valence-electron chi connectivity index (χ2n) is 6.81. The van der Waals surface area contributed by atoms with E-state index in [2.05, 4.69) is 43.1 Å². The van der Waals surface area contributed by atoms with Gasteiger partial charge in [-0.1, -0.05) is 32.9 Å². The summed E-state index contributed by atoms with van der Waals surface area (Å²) in [4.78, 5) is 2.57. The molecule has 1 saturated heterocycles. The SMILES string of the molecule is COc1ccc(CN2CCCNC(C(C)(C)C)C2)cc1. The maximum Gasteiger partial charge on any atom is 0.118 e. The molecule has 0 saturated carbocycles. The Balaban J connectivity index is 1.99. The summed E-state index contributed by atoms with van der Waals surface area (Å²) in [5, 5.41) is 3.69. The van der Waals surface area contributed by atoms with Crippen molar-refractivity contribution in [3.8, 4) is 5.75 Å². The minimum atomic E-state index is 0.308. The van der Waals surface area contributed by atoms with E-state index in [1.54, 1.807) is 7.11 Å². The fraction of sp³-hybridized carbons (Fsp3) is 0.647. The first-order valence-corrected chi connectivity index (χ1v) is 7.58. The molecule has 1 fully saturated rings. The van der Waals surface area contributed by atoms with Crippen molar-refractivity contribution >= 4 is 0 Å². The minimum absolute atomic E-state index is 0.308. The zero-order valence-corrected chi connectivity index (χ0v) is 13.3. The van der Waals surface area contributed by atoms with Crippen LogP contribution in [-0.2, 0) is 6.54 Å². The third-order valence-corrected chi connectivity index (χ3v) is 4.09. The minimum Gasteiger partial charge on any atom is -0.497 e. The summed E-state index contributed by atoms with van der Waals surface area (Å²) in [7, 11) is 1.71. The Bertz CT molecular complexity index is 408. The molecule has 0 spiro atoms. The van der Waals surface area contributed by atoms with Gasteiger partial charge in [0.1, 0.15) is 5.75 Å². The van der Waals surface area contributed by atoms with Crippen molar-refractivity contribution in [1.82, 2.24) is 10.2 Å². The van der Waals surface area contributed by atoms with E-state index >= 15 is 0 Å². The molecular formula is C17H28N2O. The van der Waals surface area contributed by atoms with E-state index < -0.39 is 0 Å². The van der Waals surface area contributed by atoms with E-state index in [4.69, 9.17) is 4.74 Å². The van der Waals surface area contributed by atoms with Crippen LogP contribution < -0.4 is 10.1 Å². The first-order valence-electron chi connectivity index (χ1n) is 7.58. The van der Waals surface area contributed by atoms with Gasteiger partial charge in [-0.25, -0.2) is 0 Å². The first-order chi connectivity index (χ1) is 9.49. The summed E-state index contributed by atoms with van der Waals surface area (Å²) in [6.45, 7) is 11.4. The summed E-state index contributed by atoms with van der Waals surface area (Å²) in [6.07, 6.45) is 1.22. The molecule has 112 valence electrons. The maximum absolute atomic E-state index is 5.22. The monoisotopic (exact) mass is 276 g/mol. The summed E-state index contributed by atoms with van der Waals surface area (Å²) in [6, 6.07) is 8.99. The van der Waals surface area contributed by atoms with Crippen molar-refractivity contribution in [3.05, 3.63) is 29.8 Å². The lowest BCUT2D eigenvalue weighted by atomic mass is 9.86. The molecule has 3 heteroatoms. The number of methoxy groups -OCH3 is 1. The Morgan fingerprint density at radius 1 is 1.25 bits per heavy atom. The lowest BCUT2D eigenvalue weighted by Gasteiger charge is -2.33. The molecule has 2 rings (SSSR count). The molecular weight excluding hydrogens is 248 g/mol. The summed E-state index contributed by atoms with van der Waals surface area (Å²) < 4.78 is 5.22. The second-order valence-corrected chi connectivity index (χ2v) is 6.81. The molecule has 1 atom stereocenters. The van der Waals surface area contributed by atoms with Gasteiger partial charge in [0.05, 0.1) is 7.11 Å². The maximum atomic E-state index is 5.22. The molecule has 1 aromatic carbocycles. The van der Waals surface area contributed by atoms with Gasteiger partial charge in [0, 0.05) is 19.1 Å². The van der Waals surface area contributed by atoms with Crippen LogP contribution in [0.1, 0.15) is 32.8 Å². The number of hydrogen-bond acceptors (Lipinski definition) is 3. The van der Waals surface area contributed by atoms with E-state index in [0.717, 1.165) is 25.4 Å². The van der Waals surface area contributed by atoms with Crippen molar-refractivity contribution in [2.45, 2.75) is 39.8 Å². The number of nitrogens with one attached hydrogen (secondary N) is 1. The van der Waals surface area contributed by atoms with Gasteiger partial charge < -0.3 is 10.1 Å². The molecule has 3 nitrogen and oxygen atoms in total. The second kappa shape index (κ2) is 6.59. The van der Waals surface area contributed by atoms with Crippen LogP contribution in [0.5, 0.6) is 5.75 Å². The summed E-state index contributed by atoms with van der Waals surface area (Å²) in [5.41, 5.74) is 1.67. The third kappa shape index (κ3) is 4.22. The van der Waals surface area contributed by atoms with Crippen LogP contribution in [0, 0.1) is 5.41 Å². The average molecular weight is 276 g/mol. The van der Waals surface area contributed by atoms with Crippen molar-refractivity contribution in [1.29, 1.82) is 0 Å². The molecule has 20 heavy (non-hydrogen) atoms. The van der Waals surface area contributed by atoms with E-state index in [9.17, 15) is 0 Å². The van der Waals surface area contributed by atoms with Crippen LogP contribution in [0.15, 0.2) is 24.3 Å². The van der Waals surface area contributed by atoms with E-state index in [1.807, 2.05) is 12.1 Å². The van der Waals surface area contributed by atoms with Crippen LogP contribution >= 0.6 is 0 Å². The van der Waals surface area contributed by atoms with Crippen LogP contribution in [-0.4, -0.2) is 37.7 Å². The van der Waals surface area contributed by atoms with Crippen LogP contribution in [0.2, 0.25) is 0 Å². The Morgan fingerprint density at radius 2 is 1.95 bits per heavy atom. The molecule has 0 amide bonds. The van der Waals surface area contributed by atoms with E-state index in [1.165, 1.54) is 18.5 Å². The highest BCUT2D eigenvalue weighted by molar-refractivity contribution is 5.27. The molecule has 0 aromatic heterocycles. The van der Waals surface area contributed by atoms with Gasteiger partial charge >= 0.3 is 0 Å². The molecule has 1 unspecified atom stereocenters. The van der Waals surface area contributed by atoms with Crippen LogP contribution in [0.4, 0.5) is 0 Å². The molecule has 0 aliphatic carbocycles. The smallest absolute Gasteiger partial charge is 0.118 e. The van der Waals surface area contributed by atoms with Gasteiger partial charge in [0.25, 0.3) is 0 Å². The average Bonchev–Trinajstić information content (AvgIpc) is 2.65. The van der Waals surface area contributed by atoms with Crippen molar-refractivity contribution < 1.29 is 4.74 Å². The third-order valence-electron chi connectivity index (χ3n) is 4.09.